The molecule has 8 nitrogen and oxygen atoms in total. The van der Waals surface area contributed by atoms with E-state index in [1.807, 2.05) is 45.9 Å². The maximum Gasteiger partial charge on any atom is 0.344 e. The normalized spacial score (nSPS) is 11.2. The summed E-state index contributed by atoms with van der Waals surface area (Å²) >= 11 is 0. The van der Waals surface area contributed by atoms with Gasteiger partial charge in [-0.15, -0.1) is 0 Å². The first-order chi connectivity index (χ1) is 13.2. The minimum Gasteiger partial charge on any atom is -0.271 e. The molecule has 0 atom stereocenters. The Morgan fingerprint density at radius 2 is 1.68 bits per heavy atom. The van der Waals surface area contributed by atoms with Gasteiger partial charge in [-0.05, 0) is 54.7 Å². The van der Waals surface area contributed by atoms with Crippen molar-refractivity contribution >= 4 is 0 Å². The topological polar surface area (TPSA) is 113 Å². The monoisotopic (exact) mass is 381 g/mol. The molecule has 146 valence electrons. The highest BCUT2D eigenvalue weighted by Crippen LogP contribution is 2.24. The number of hydrogen-bond donors (Lipinski definition) is 2. The van der Waals surface area contributed by atoms with Crippen molar-refractivity contribution < 1.29 is 0 Å². The zero-order chi connectivity index (χ0) is 20.6. The van der Waals surface area contributed by atoms with Crippen LogP contribution in [0.4, 0.5) is 0 Å². The SMILES string of the molecule is Cc1cc(-c2nn(C)c(=O)[nH]c2=O)cc(C)c1Cc1cc(C(C)C)c(=O)[nH]n1. The van der Waals surface area contributed by atoms with Crippen molar-refractivity contribution in [3.05, 3.63) is 77.3 Å². The van der Waals surface area contributed by atoms with Crippen LogP contribution in [0.25, 0.3) is 11.3 Å². The van der Waals surface area contributed by atoms with Gasteiger partial charge in [-0.2, -0.15) is 10.2 Å². The van der Waals surface area contributed by atoms with E-state index < -0.39 is 11.2 Å². The van der Waals surface area contributed by atoms with Gasteiger partial charge >= 0.3 is 5.69 Å². The Hall–Kier alpha value is -3.29. The molecule has 1 aromatic carbocycles. The van der Waals surface area contributed by atoms with Gasteiger partial charge in [0.05, 0.1) is 5.69 Å². The van der Waals surface area contributed by atoms with E-state index in [0.29, 0.717) is 17.5 Å². The third-order valence-corrected chi connectivity index (χ3v) is 4.81. The molecule has 2 N–H and O–H groups in total. The van der Waals surface area contributed by atoms with E-state index in [9.17, 15) is 14.4 Å². The predicted molar refractivity (Wildman–Crippen MR) is 107 cm³/mol. The average molecular weight is 381 g/mol. The number of aryl methyl sites for hydroxylation is 3. The molecular weight excluding hydrogens is 358 g/mol. The number of aromatic nitrogens is 5. The maximum atomic E-state index is 12.1. The summed E-state index contributed by atoms with van der Waals surface area (Å²) in [6.07, 6.45) is 0.561. The van der Waals surface area contributed by atoms with Gasteiger partial charge in [0.25, 0.3) is 11.1 Å². The van der Waals surface area contributed by atoms with Crippen LogP contribution in [-0.2, 0) is 13.5 Å². The first kappa shape index (κ1) is 19.5. The predicted octanol–water partition coefficient (Wildman–Crippen LogP) is 1.55. The molecule has 0 unspecified atom stereocenters. The van der Waals surface area contributed by atoms with E-state index in [0.717, 1.165) is 27.1 Å². The Morgan fingerprint density at radius 1 is 1.04 bits per heavy atom. The third-order valence-electron chi connectivity index (χ3n) is 4.81. The highest BCUT2D eigenvalue weighted by molar-refractivity contribution is 5.61. The number of benzene rings is 1. The first-order valence-corrected chi connectivity index (χ1v) is 9.04. The standard InChI is InChI=1S/C20H23N5O3/c1-10(2)15-8-14(22-23-18(15)26)9-16-11(3)6-13(7-12(16)4)17-19(27)21-20(28)25(5)24-17/h6-8,10H,9H2,1-5H3,(H,23,26)(H,21,27,28). The van der Waals surface area contributed by atoms with Gasteiger partial charge in [-0.3, -0.25) is 14.6 Å². The van der Waals surface area contributed by atoms with Crippen LogP contribution in [-0.4, -0.2) is 25.0 Å². The Bertz CT molecular complexity index is 1190. The lowest BCUT2D eigenvalue weighted by atomic mass is 9.94. The second kappa shape index (κ2) is 7.38. The number of H-pyrrole nitrogens is 2. The van der Waals surface area contributed by atoms with Crippen molar-refractivity contribution in [2.24, 2.45) is 7.05 Å². The molecule has 8 heteroatoms. The van der Waals surface area contributed by atoms with E-state index in [1.54, 1.807) is 0 Å². The highest BCUT2D eigenvalue weighted by Gasteiger charge is 2.14. The lowest BCUT2D eigenvalue weighted by Crippen LogP contribution is -2.31. The van der Waals surface area contributed by atoms with Crippen LogP contribution < -0.4 is 16.8 Å². The summed E-state index contributed by atoms with van der Waals surface area (Å²) in [5.74, 6) is 0.109. The minimum absolute atomic E-state index is 0.109. The smallest absolute Gasteiger partial charge is 0.271 e. The summed E-state index contributed by atoms with van der Waals surface area (Å²) < 4.78 is 1.10. The molecule has 2 heterocycles. The van der Waals surface area contributed by atoms with Crippen LogP contribution >= 0.6 is 0 Å². The number of nitrogens with zero attached hydrogens (tertiary/aromatic N) is 3. The highest BCUT2D eigenvalue weighted by atomic mass is 16.2. The van der Waals surface area contributed by atoms with E-state index in [4.69, 9.17) is 0 Å². The molecule has 0 saturated heterocycles. The average Bonchev–Trinajstić information content (AvgIpc) is 2.62. The minimum atomic E-state index is -0.552. The molecule has 2 aromatic heterocycles. The zero-order valence-electron chi connectivity index (χ0n) is 16.6. The molecule has 0 aliphatic heterocycles. The number of rotatable bonds is 4. The van der Waals surface area contributed by atoms with Gasteiger partial charge < -0.3 is 0 Å². The van der Waals surface area contributed by atoms with Gasteiger partial charge in [0.15, 0.2) is 5.69 Å². The summed E-state index contributed by atoms with van der Waals surface area (Å²) in [7, 11) is 1.49. The fraction of sp³-hybridized carbons (Fsp3) is 0.350. The van der Waals surface area contributed by atoms with Crippen LogP contribution in [0.15, 0.2) is 32.6 Å². The van der Waals surface area contributed by atoms with E-state index in [1.165, 1.54) is 7.05 Å². The lowest BCUT2D eigenvalue weighted by Gasteiger charge is -2.13. The molecular formula is C20H23N5O3. The number of aromatic amines is 2. The van der Waals surface area contributed by atoms with Gasteiger partial charge in [-0.1, -0.05) is 13.8 Å². The molecule has 0 bridgehead atoms. The van der Waals surface area contributed by atoms with E-state index >= 15 is 0 Å². The zero-order valence-corrected chi connectivity index (χ0v) is 16.6. The summed E-state index contributed by atoms with van der Waals surface area (Å²) in [5.41, 5.74) is 4.12. The lowest BCUT2D eigenvalue weighted by molar-refractivity contribution is 0.671. The van der Waals surface area contributed by atoms with Crippen LogP contribution in [0.5, 0.6) is 0 Å². The fourth-order valence-electron chi connectivity index (χ4n) is 3.24. The Labute approximate surface area is 161 Å². The van der Waals surface area contributed by atoms with Crippen molar-refractivity contribution in [3.8, 4) is 11.3 Å². The molecule has 3 rings (SSSR count). The third kappa shape index (κ3) is 3.71. The van der Waals surface area contributed by atoms with Crippen molar-refractivity contribution in [3.63, 3.8) is 0 Å². The summed E-state index contributed by atoms with van der Waals surface area (Å²) in [5, 5.41) is 10.8. The van der Waals surface area contributed by atoms with Crippen molar-refractivity contribution in [1.82, 2.24) is 25.0 Å². The Kier molecular flexibility index (Phi) is 5.13. The quantitative estimate of drug-likeness (QED) is 0.712. The summed E-state index contributed by atoms with van der Waals surface area (Å²) in [6, 6.07) is 5.59. The number of hydrogen-bond acceptors (Lipinski definition) is 5. The van der Waals surface area contributed by atoms with Crippen LogP contribution in [0.3, 0.4) is 0 Å². The second-order valence-electron chi connectivity index (χ2n) is 7.30. The van der Waals surface area contributed by atoms with Crippen molar-refractivity contribution in [1.29, 1.82) is 0 Å². The molecule has 0 spiro atoms. The molecule has 0 amide bonds. The van der Waals surface area contributed by atoms with E-state index in [-0.39, 0.29) is 17.2 Å². The molecule has 3 aromatic rings. The van der Waals surface area contributed by atoms with Crippen LogP contribution in [0.2, 0.25) is 0 Å². The van der Waals surface area contributed by atoms with Crippen LogP contribution in [0, 0.1) is 13.8 Å². The molecule has 0 radical (unpaired) electrons. The largest absolute Gasteiger partial charge is 0.344 e. The summed E-state index contributed by atoms with van der Waals surface area (Å²) in [4.78, 5) is 37.8. The van der Waals surface area contributed by atoms with Gasteiger partial charge in [0.1, 0.15) is 0 Å². The van der Waals surface area contributed by atoms with Crippen LogP contribution in [0.1, 0.15) is 47.7 Å². The first-order valence-electron chi connectivity index (χ1n) is 9.04. The van der Waals surface area contributed by atoms with Gasteiger partial charge in [0, 0.05) is 24.6 Å². The molecule has 0 aliphatic rings. The molecule has 28 heavy (non-hydrogen) atoms. The van der Waals surface area contributed by atoms with E-state index in [2.05, 4.69) is 20.3 Å². The number of nitrogens with one attached hydrogen (secondary N) is 2. The Morgan fingerprint density at radius 3 is 2.29 bits per heavy atom. The van der Waals surface area contributed by atoms with Crippen molar-refractivity contribution in [2.45, 2.75) is 40.0 Å². The molecule has 0 saturated carbocycles. The molecule has 0 aliphatic carbocycles. The van der Waals surface area contributed by atoms with Gasteiger partial charge in [-0.25, -0.2) is 14.6 Å². The molecule has 0 fully saturated rings. The maximum absolute atomic E-state index is 12.1. The second-order valence-corrected chi connectivity index (χ2v) is 7.30. The van der Waals surface area contributed by atoms with Crippen molar-refractivity contribution in [2.75, 3.05) is 0 Å². The summed E-state index contributed by atoms with van der Waals surface area (Å²) in [6.45, 7) is 7.85. The fourth-order valence-corrected chi connectivity index (χ4v) is 3.24. The van der Waals surface area contributed by atoms with Gasteiger partial charge in [0.2, 0.25) is 0 Å². The Balaban J connectivity index is 2.03.